The lowest BCUT2D eigenvalue weighted by Crippen LogP contribution is -2.48. The maximum Gasteiger partial charge on any atom is 0.321 e. The first-order valence-electron chi connectivity index (χ1n) is 6.84. The second-order valence-corrected chi connectivity index (χ2v) is 5.43. The zero-order chi connectivity index (χ0) is 14.7. The number of carbonyl (C=O) groups excluding carboxylic acids is 1. The van der Waals surface area contributed by atoms with E-state index in [9.17, 15) is 14.7 Å². The van der Waals surface area contributed by atoms with Crippen LogP contribution in [0.1, 0.15) is 35.7 Å². The first-order chi connectivity index (χ1) is 9.49. The van der Waals surface area contributed by atoms with Gasteiger partial charge in [0.15, 0.2) is 0 Å². The summed E-state index contributed by atoms with van der Waals surface area (Å²) in [5.74, 6) is -1.05. The van der Waals surface area contributed by atoms with Crippen LogP contribution in [0.3, 0.4) is 0 Å². The number of hydrogen-bond acceptors (Lipinski definition) is 3. The van der Waals surface area contributed by atoms with Gasteiger partial charge in [-0.1, -0.05) is 19.1 Å². The molecule has 0 aromatic heterocycles. The van der Waals surface area contributed by atoms with Crippen molar-refractivity contribution in [3.63, 3.8) is 0 Å². The van der Waals surface area contributed by atoms with Crippen LogP contribution in [-0.2, 0) is 11.3 Å². The first kappa shape index (κ1) is 14.5. The van der Waals surface area contributed by atoms with Gasteiger partial charge in [-0.3, -0.25) is 14.5 Å². The Balaban J connectivity index is 2.11. The SMILES string of the molecule is CC1CCCN(Cc2ccc(C(N)=O)cc2)C1C(=O)O. The molecule has 1 aliphatic rings. The molecule has 108 valence electrons. The lowest BCUT2D eigenvalue weighted by atomic mass is 9.90. The summed E-state index contributed by atoms with van der Waals surface area (Å²) < 4.78 is 0. The van der Waals surface area contributed by atoms with E-state index in [4.69, 9.17) is 5.73 Å². The van der Waals surface area contributed by atoms with E-state index in [1.165, 1.54) is 0 Å². The van der Waals surface area contributed by atoms with Crippen LogP contribution in [0, 0.1) is 5.92 Å². The Labute approximate surface area is 118 Å². The van der Waals surface area contributed by atoms with Crippen molar-refractivity contribution in [1.82, 2.24) is 4.90 Å². The number of carboxylic acids is 1. The van der Waals surface area contributed by atoms with E-state index in [0.29, 0.717) is 12.1 Å². The molecule has 20 heavy (non-hydrogen) atoms. The van der Waals surface area contributed by atoms with Crippen LogP contribution in [0.5, 0.6) is 0 Å². The van der Waals surface area contributed by atoms with Gasteiger partial charge in [-0.15, -0.1) is 0 Å². The van der Waals surface area contributed by atoms with Crippen molar-refractivity contribution in [2.24, 2.45) is 11.7 Å². The molecule has 3 N–H and O–H groups in total. The molecule has 0 spiro atoms. The van der Waals surface area contributed by atoms with E-state index in [-0.39, 0.29) is 5.92 Å². The van der Waals surface area contributed by atoms with E-state index < -0.39 is 17.9 Å². The summed E-state index contributed by atoms with van der Waals surface area (Å²) in [6, 6.07) is 6.60. The standard InChI is InChI=1S/C15H20N2O3/c1-10-3-2-8-17(13(10)15(19)20)9-11-4-6-12(7-5-11)14(16)18/h4-7,10,13H,2-3,8-9H2,1H3,(H2,16,18)(H,19,20). The van der Waals surface area contributed by atoms with Crippen LogP contribution < -0.4 is 5.73 Å². The Morgan fingerprint density at radius 1 is 1.35 bits per heavy atom. The highest BCUT2D eigenvalue weighted by molar-refractivity contribution is 5.92. The Morgan fingerprint density at radius 3 is 2.55 bits per heavy atom. The van der Waals surface area contributed by atoms with Gasteiger partial charge in [-0.2, -0.15) is 0 Å². The largest absolute Gasteiger partial charge is 0.480 e. The number of aliphatic carboxylic acids is 1. The van der Waals surface area contributed by atoms with E-state index in [1.807, 2.05) is 24.0 Å². The number of nitrogens with zero attached hydrogens (tertiary/aromatic N) is 1. The number of benzene rings is 1. The lowest BCUT2D eigenvalue weighted by Gasteiger charge is -2.37. The third kappa shape index (κ3) is 3.17. The molecule has 2 atom stereocenters. The first-order valence-corrected chi connectivity index (χ1v) is 6.84. The van der Waals surface area contributed by atoms with Crippen molar-refractivity contribution < 1.29 is 14.7 Å². The Bertz CT molecular complexity index is 498. The van der Waals surface area contributed by atoms with Gasteiger partial charge < -0.3 is 10.8 Å². The highest BCUT2D eigenvalue weighted by Gasteiger charge is 2.33. The summed E-state index contributed by atoms with van der Waals surface area (Å²) in [4.78, 5) is 24.4. The van der Waals surface area contributed by atoms with Crippen molar-refractivity contribution in [3.05, 3.63) is 35.4 Å². The van der Waals surface area contributed by atoms with E-state index in [2.05, 4.69) is 0 Å². The molecular weight excluding hydrogens is 256 g/mol. The quantitative estimate of drug-likeness (QED) is 0.872. The number of carbonyl (C=O) groups is 2. The number of piperidine rings is 1. The molecule has 1 amide bonds. The number of likely N-dealkylation sites (tertiary alicyclic amines) is 1. The number of carboxylic acid groups (broad SMARTS) is 1. The highest BCUT2D eigenvalue weighted by atomic mass is 16.4. The Kier molecular flexibility index (Phi) is 4.39. The summed E-state index contributed by atoms with van der Waals surface area (Å²) in [6.07, 6.45) is 1.97. The molecule has 5 nitrogen and oxygen atoms in total. The molecule has 1 aliphatic heterocycles. The summed E-state index contributed by atoms with van der Waals surface area (Å²) in [6.45, 7) is 3.36. The molecule has 2 unspecified atom stereocenters. The van der Waals surface area contributed by atoms with Crippen LogP contribution in [0.2, 0.25) is 0 Å². The van der Waals surface area contributed by atoms with Crippen LogP contribution in [0.25, 0.3) is 0 Å². The molecule has 0 saturated carbocycles. The molecule has 1 heterocycles. The number of rotatable bonds is 4. The number of nitrogens with two attached hydrogens (primary N) is 1. The molecular formula is C15H20N2O3. The third-order valence-corrected chi connectivity index (χ3v) is 3.91. The lowest BCUT2D eigenvalue weighted by molar-refractivity contribution is -0.147. The molecule has 1 saturated heterocycles. The van der Waals surface area contributed by atoms with Gasteiger partial charge >= 0.3 is 5.97 Å². The second kappa shape index (κ2) is 6.05. The number of amides is 1. The van der Waals surface area contributed by atoms with Crippen LogP contribution >= 0.6 is 0 Å². The third-order valence-electron chi connectivity index (χ3n) is 3.91. The molecule has 2 rings (SSSR count). The molecule has 1 aromatic rings. The maximum absolute atomic E-state index is 11.4. The molecule has 5 heteroatoms. The fourth-order valence-electron chi connectivity index (χ4n) is 2.86. The Hall–Kier alpha value is -1.88. The summed E-state index contributed by atoms with van der Waals surface area (Å²) >= 11 is 0. The summed E-state index contributed by atoms with van der Waals surface area (Å²) in [7, 11) is 0. The van der Waals surface area contributed by atoms with E-state index in [0.717, 1.165) is 24.9 Å². The van der Waals surface area contributed by atoms with Crippen LogP contribution in [-0.4, -0.2) is 34.5 Å². The van der Waals surface area contributed by atoms with Gasteiger partial charge in [-0.05, 0) is 43.0 Å². The molecule has 0 aliphatic carbocycles. The Morgan fingerprint density at radius 2 is 2.00 bits per heavy atom. The average molecular weight is 276 g/mol. The van der Waals surface area contributed by atoms with Crippen LogP contribution in [0.4, 0.5) is 0 Å². The zero-order valence-corrected chi connectivity index (χ0v) is 11.6. The van der Waals surface area contributed by atoms with Gasteiger partial charge in [-0.25, -0.2) is 0 Å². The highest BCUT2D eigenvalue weighted by Crippen LogP contribution is 2.25. The van der Waals surface area contributed by atoms with Gasteiger partial charge in [0.05, 0.1) is 0 Å². The van der Waals surface area contributed by atoms with Crippen molar-refractivity contribution in [3.8, 4) is 0 Å². The predicted molar refractivity (Wildman–Crippen MR) is 75.2 cm³/mol. The van der Waals surface area contributed by atoms with Gasteiger partial charge in [0.1, 0.15) is 6.04 Å². The van der Waals surface area contributed by atoms with E-state index >= 15 is 0 Å². The summed E-state index contributed by atoms with van der Waals surface area (Å²) in [5, 5.41) is 9.37. The second-order valence-electron chi connectivity index (χ2n) is 5.43. The van der Waals surface area contributed by atoms with Crippen molar-refractivity contribution in [1.29, 1.82) is 0 Å². The number of hydrogen-bond donors (Lipinski definition) is 2. The minimum absolute atomic E-state index is 0.158. The minimum atomic E-state index is -0.758. The fourth-order valence-corrected chi connectivity index (χ4v) is 2.86. The molecule has 0 radical (unpaired) electrons. The predicted octanol–water partition coefficient (Wildman–Crippen LogP) is 1.47. The van der Waals surface area contributed by atoms with Crippen molar-refractivity contribution >= 4 is 11.9 Å². The molecule has 1 fully saturated rings. The topological polar surface area (TPSA) is 83.6 Å². The fraction of sp³-hybridized carbons (Fsp3) is 0.467. The number of primary amides is 1. The minimum Gasteiger partial charge on any atom is -0.480 e. The van der Waals surface area contributed by atoms with Gasteiger partial charge in [0, 0.05) is 12.1 Å². The van der Waals surface area contributed by atoms with Gasteiger partial charge in [0.2, 0.25) is 5.91 Å². The maximum atomic E-state index is 11.4. The van der Waals surface area contributed by atoms with Crippen molar-refractivity contribution in [2.45, 2.75) is 32.4 Å². The molecule has 0 bridgehead atoms. The average Bonchev–Trinajstić information content (AvgIpc) is 2.39. The summed E-state index contributed by atoms with van der Waals surface area (Å²) in [5.41, 5.74) is 6.66. The monoisotopic (exact) mass is 276 g/mol. The van der Waals surface area contributed by atoms with Crippen molar-refractivity contribution in [2.75, 3.05) is 6.54 Å². The van der Waals surface area contributed by atoms with Gasteiger partial charge in [0.25, 0.3) is 0 Å². The van der Waals surface area contributed by atoms with Crippen LogP contribution in [0.15, 0.2) is 24.3 Å². The molecule has 1 aromatic carbocycles. The normalized spacial score (nSPS) is 23.4. The zero-order valence-electron chi connectivity index (χ0n) is 11.6. The smallest absolute Gasteiger partial charge is 0.321 e. The van der Waals surface area contributed by atoms with E-state index in [1.54, 1.807) is 12.1 Å².